The van der Waals surface area contributed by atoms with Crippen LogP contribution < -0.4 is 5.32 Å². The molecule has 5 atom stereocenters. The Morgan fingerprint density at radius 2 is 1.92 bits per heavy atom. The zero-order valence-electron chi connectivity index (χ0n) is 22.0. The number of phenolic OH excluding ortho intramolecular Hbond substituents is 2. The van der Waals surface area contributed by atoms with Crippen LogP contribution in [0, 0.1) is 16.7 Å². The topological polar surface area (TPSA) is 136 Å². The number of rotatable bonds is 9. The summed E-state index contributed by atoms with van der Waals surface area (Å²) < 4.78 is 6.05. The summed E-state index contributed by atoms with van der Waals surface area (Å²) in [4.78, 5) is 39.8. The molecule has 9 nitrogen and oxygen atoms in total. The maximum absolute atomic E-state index is 13.1. The fourth-order valence-electron chi connectivity index (χ4n) is 6.56. The second kappa shape index (κ2) is 10.5. The van der Waals surface area contributed by atoms with E-state index in [1.165, 1.54) is 24.6 Å². The number of carbonyl (C=O) groups excluding carboxylic acids is 3. The first kappa shape index (κ1) is 27.2. The third-order valence-electron chi connectivity index (χ3n) is 9.46. The number of esters is 1. The molecule has 1 aliphatic heterocycles. The molecule has 4 N–H and O–H groups in total. The quantitative estimate of drug-likeness (QED) is 0.225. The van der Waals surface area contributed by atoms with Gasteiger partial charge in [0.05, 0.1) is 0 Å². The van der Waals surface area contributed by atoms with E-state index in [0.717, 1.165) is 19.3 Å². The lowest BCUT2D eigenvalue weighted by atomic mass is 9.70. The number of aliphatic hydroxyl groups excluding tert-OH is 1. The van der Waals surface area contributed by atoms with Gasteiger partial charge < -0.3 is 30.3 Å². The molecule has 1 heterocycles. The maximum atomic E-state index is 13.1. The number of likely N-dealkylation sites (tertiary alicyclic amines) is 1. The van der Waals surface area contributed by atoms with Gasteiger partial charge in [0.2, 0.25) is 11.8 Å². The lowest BCUT2D eigenvalue weighted by Crippen LogP contribution is -2.45. The first-order valence-electron chi connectivity index (χ1n) is 13.4. The minimum Gasteiger partial charge on any atom is -0.504 e. The van der Waals surface area contributed by atoms with Crippen LogP contribution in [0.25, 0.3) is 0 Å². The van der Waals surface area contributed by atoms with Crippen molar-refractivity contribution in [1.29, 1.82) is 0 Å². The Morgan fingerprint density at radius 1 is 1.16 bits per heavy atom. The highest BCUT2D eigenvalue weighted by atomic mass is 16.5. The summed E-state index contributed by atoms with van der Waals surface area (Å²) in [7, 11) is 0. The summed E-state index contributed by atoms with van der Waals surface area (Å²) in [6.07, 6.45) is 3.63. The van der Waals surface area contributed by atoms with Gasteiger partial charge in [0, 0.05) is 31.3 Å². The third kappa shape index (κ3) is 5.28. The Hall–Kier alpha value is -2.81. The molecule has 0 spiro atoms. The maximum Gasteiger partial charge on any atom is 0.329 e. The van der Waals surface area contributed by atoms with Crippen LogP contribution in [-0.4, -0.2) is 69.3 Å². The van der Waals surface area contributed by atoms with Crippen LogP contribution in [0.2, 0.25) is 0 Å². The van der Waals surface area contributed by atoms with Gasteiger partial charge in [-0.05, 0) is 67.6 Å². The van der Waals surface area contributed by atoms with Crippen LogP contribution in [0.15, 0.2) is 18.2 Å². The lowest BCUT2D eigenvalue weighted by Gasteiger charge is -2.39. The van der Waals surface area contributed by atoms with Crippen molar-refractivity contribution >= 4 is 17.8 Å². The fraction of sp³-hybridized carbons (Fsp3) is 0.679. The van der Waals surface area contributed by atoms with Crippen LogP contribution in [0.1, 0.15) is 71.3 Å². The van der Waals surface area contributed by atoms with Gasteiger partial charge in [-0.2, -0.15) is 0 Å². The zero-order chi connectivity index (χ0) is 27.0. The van der Waals surface area contributed by atoms with Crippen molar-refractivity contribution in [2.75, 3.05) is 13.1 Å². The first-order valence-corrected chi connectivity index (χ1v) is 13.4. The predicted molar refractivity (Wildman–Crippen MR) is 136 cm³/mol. The lowest BCUT2D eigenvalue weighted by molar-refractivity contribution is -0.164. The molecule has 0 aromatic heterocycles. The van der Waals surface area contributed by atoms with Crippen molar-refractivity contribution in [3.05, 3.63) is 23.8 Å². The van der Waals surface area contributed by atoms with Crippen LogP contribution in [0.4, 0.5) is 0 Å². The number of nitrogens with zero attached hydrogens (tertiary/aromatic N) is 1. The largest absolute Gasteiger partial charge is 0.504 e. The summed E-state index contributed by atoms with van der Waals surface area (Å²) in [5, 5.41) is 31.7. The zero-order valence-corrected chi connectivity index (χ0v) is 22.0. The van der Waals surface area contributed by atoms with Crippen LogP contribution >= 0.6 is 0 Å². The van der Waals surface area contributed by atoms with Gasteiger partial charge in [0.25, 0.3) is 0 Å². The smallest absolute Gasteiger partial charge is 0.329 e. The van der Waals surface area contributed by atoms with E-state index in [4.69, 9.17) is 4.74 Å². The molecule has 3 fully saturated rings. The van der Waals surface area contributed by atoms with Crippen molar-refractivity contribution in [3.8, 4) is 11.5 Å². The predicted octanol–water partition coefficient (Wildman–Crippen LogP) is 2.65. The number of carbonyl (C=O) groups is 3. The van der Waals surface area contributed by atoms with Crippen molar-refractivity contribution < 1.29 is 34.4 Å². The van der Waals surface area contributed by atoms with Gasteiger partial charge in [0.15, 0.2) is 11.5 Å². The van der Waals surface area contributed by atoms with E-state index in [1.807, 2.05) is 0 Å². The number of ether oxygens (including phenoxy) is 1. The van der Waals surface area contributed by atoms with Crippen molar-refractivity contribution in [3.63, 3.8) is 0 Å². The Labute approximate surface area is 218 Å². The molecule has 0 radical (unpaired) electrons. The molecule has 2 saturated carbocycles. The van der Waals surface area contributed by atoms with Gasteiger partial charge in [-0.15, -0.1) is 0 Å². The summed E-state index contributed by atoms with van der Waals surface area (Å²) in [5.41, 5.74) is 0.627. The third-order valence-corrected chi connectivity index (χ3v) is 9.46. The van der Waals surface area contributed by atoms with E-state index in [0.29, 0.717) is 30.9 Å². The van der Waals surface area contributed by atoms with E-state index in [-0.39, 0.29) is 59.7 Å². The number of hydrogen-bond donors (Lipinski definition) is 4. The second-order valence-electron chi connectivity index (χ2n) is 11.7. The van der Waals surface area contributed by atoms with Crippen molar-refractivity contribution in [2.45, 2.75) is 90.4 Å². The number of aliphatic hydroxyl groups is 1. The normalized spacial score (nSPS) is 28.8. The summed E-state index contributed by atoms with van der Waals surface area (Å²) in [5.74, 6) is -1.03. The number of hydrogen-bond acceptors (Lipinski definition) is 7. The Morgan fingerprint density at radius 3 is 2.57 bits per heavy atom. The van der Waals surface area contributed by atoms with Gasteiger partial charge >= 0.3 is 5.97 Å². The highest BCUT2D eigenvalue weighted by molar-refractivity contribution is 5.85. The van der Waals surface area contributed by atoms with E-state index < -0.39 is 18.1 Å². The van der Waals surface area contributed by atoms with E-state index in [1.54, 1.807) is 4.90 Å². The molecular formula is C28H40N2O7. The highest BCUT2D eigenvalue weighted by Gasteiger charge is 2.63. The minimum atomic E-state index is -1.32. The molecule has 9 heteroatoms. The molecule has 2 amide bonds. The molecule has 3 aliphatic rings. The number of phenols is 2. The summed E-state index contributed by atoms with van der Waals surface area (Å²) >= 11 is 0. The molecule has 4 rings (SSSR count). The van der Waals surface area contributed by atoms with E-state index >= 15 is 0 Å². The second-order valence-corrected chi connectivity index (χ2v) is 11.7. The average molecular weight is 517 g/mol. The van der Waals surface area contributed by atoms with Crippen LogP contribution in [0.3, 0.4) is 0 Å². The Bertz CT molecular complexity index is 1040. The SMILES string of the molecule is CC1(C)C2CCC1(C)C(OC(=O)C1CCCN1C(=O)CCCNC(=O)C(O)Cc1ccc(O)c(O)c1)C2. The Balaban J connectivity index is 1.20. The van der Waals surface area contributed by atoms with E-state index in [2.05, 4.69) is 26.1 Å². The van der Waals surface area contributed by atoms with Crippen molar-refractivity contribution in [2.24, 2.45) is 16.7 Å². The molecule has 37 heavy (non-hydrogen) atoms. The highest BCUT2D eigenvalue weighted by Crippen LogP contribution is 2.66. The molecule has 5 unspecified atom stereocenters. The monoisotopic (exact) mass is 516 g/mol. The van der Waals surface area contributed by atoms with Gasteiger partial charge in [-0.25, -0.2) is 4.79 Å². The average Bonchev–Trinajstić information content (AvgIpc) is 3.47. The molecule has 2 bridgehead atoms. The molecule has 2 aliphatic carbocycles. The van der Waals surface area contributed by atoms with E-state index in [9.17, 15) is 29.7 Å². The molecule has 1 aromatic carbocycles. The van der Waals surface area contributed by atoms with Crippen molar-refractivity contribution in [1.82, 2.24) is 10.2 Å². The Kier molecular flexibility index (Phi) is 7.74. The molecule has 1 aromatic rings. The number of amides is 2. The van der Waals surface area contributed by atoms with Crippen LogP contribution in [0.5, 0.6) is 11.5 Å². The number of aromatic hydroxyl groups is 2. The van der Waals surface area contributed by atoms with Crippen LogP contribution in [-0.2, 0) is 25.5 Å². The molecule has 1 saturated heterocycles. The van der Waals surface area contributed by atoms with Gasteiger partial charge in [-0.1, -0.05) is 26.8 Å². The van der Waals surface area contributed by atoms with Gasteiger partial charge in [0.1, 0.15) is 18.2 Å². The first-order chi connectivity index (χ1) is 17.4. The molecular weight excluding hydrogens is 476 g/mol. The molecule has 204 valence electrons. The number of nitrogens with one attached hydrogen (secondary N) is 1. The summed E-state index contributed by atoms with van der Waals surface area (Å²) in [6, 6.07) is 3.55. The minimum absolute atomic E-state index is 0.0197. The van der Waals surface area contributed by atoms with Gasteiger partial charge in [-0.3, -0.25) is 9.59 Å². The standard InChI is InChI=1S/C28H40N2O7/c1-27(2)18-10-11-28(27,3)23(16-18)37-26(36)19-6-5-13-30(19)24(34)7-4-12-29-25(35)22(33)15-17-8-9-20(31)21(32)14-17/h8-9,14,18-19,22-23,31-33H,4-7,10-13,15-16H2,1-3H3,(H,29,35). The fourth-order valence-corrected chi connectivity index (χ4v) is 6.56. The number of fused-ring (bicyclic) bond motifs is 2. The summed E-state index contributed by atoms with van der Waals surface area (Å²) in [6.45, 7) is 7.52. The number of benzene rings is 1.